The summed E-state index contributed by atoms with van der Waals surface area (Å²) in [6.07, 6.45) is -0.138. The van der Waals surface area contributed by atoms with Gasteiger partial charge in [0.15, 0.2) is 5.69 Å². The number of amides is 1. The van der Waals surface area contributed by atoms with E-state index in [1.807, 2.05) is 20.9 Å². The van der Waals surface area contributed by atoms with Gasteiger partial charge < -0.3 is 15.1 Å². The molecule has 2 atom stereocenters. The molecule has 2 heterocycles. The molecule has 0 unspecified atom stereocenters. The van der Waals surface area contributed by atoms with Crippen molar-refractivity contribution in [2.75, 3.05) is 13.2 Å². The van der Waals surface area contributed by atoms with Gasteiger partial charge in [0.1, 0.15) is 0 Å². The third-order valence-electron chi connectivity index (χ3n) is 3.59. The number of hydrogen-bond donors (Lipinski definition) is 2. The van der Waals surface area contributed by atoms with Crippen molar-refractivity contribution in [3.63, 3.8) is 0 Å². The van der Waals surface area contributed by atoms with E-state index in [4.69, 9.17) is 0 Å². The summed E-state index contributed by atoms with van der Waals surface area (Å²) in [6, 6.07) is 1.47. The van der Waals surface area contributed by atoms with Crippen LogP contribution in [0.4, 0.5) is 0 Å². The molecule has 1 fully saturated rings. The summed E-state index contributed by atoms with van der Waals surface area (Å²) >= 11 is 0. The molecule has 0 bridgehead atoms. The molecule has 0 radical (unpaired) electrons. The predicted molar refractivity (Wildman–Crippen MR) is 69.8 cm³/mol. The van der Waals surface area contributed by atoms with Crippen LogP contribution in [0, 0.1) is 0 Å². The van der Waals surface area contributed by atoms with E-state index >= 15 is 0 Å². The zero-order chi connectivity index (χ0) is 14.2. The van der Waals surface area contributed by atoms with Crippen molar-refractivity contribution in [1.29, 1.82) is 0 Å². The molecule has 0 spiro atoms. The van der Waals surface area contributed by atoms with Crippen LogP contribution >= 0.6 is 0 Å². The van der Waals surface area contributed by atoms with Crippen molar-refractivity contribution < 1.29 is 15.0 Å². The lowest BCUT2D eigenvalue weighted by Crippen LogP contribution is -2.38. The fourth-order valence-electron chi connectivity index (χ4n) is 2.59. The normalized spacial score (nSPS) is 23.4. The van der Waals surface area contributed by atoms with E-state index in [1.54, 1.807) is 10.7 Å². The first kappa shape index (κ1) is 14.0. The smallest absolute Gasteiger partial charge is 0.274 e. The number of aryl methyl sites for hydroxylation is 1. The molecule has 6 heteroatoms. The molecule has 6 nitrogen and oxygen atoms in total. The molecular formula is C13H21N3O3. The highest BCUT2D eigenvalue weighted by Gasteiger charge is 2.35. The molecule has 1 aliphatic rings. The molecule has 2 rings (SSSR count). The summed E-state index contributed by atoms with van der Waals surface area (Å²) in [7, 11) is 1.81. The first-order valence-corrected chi connectivity index (χ1v) is 6.57. The van der Waals surface area contributed by atoms with Gasteiger partial charge in [-0.15, -0.1) is 0 Å². The molecule has 19 heavy (non-hydrogen) atoms. The van der Waals surface area contributed by atoms with E-state index in [9.17, 15) is 15.0 Å². The number of rotatable bonds is 3. The van der Waals surface area contributed by atoms with Gasteiger partial charge in [0, 0.05) is 19.3 Å². The Balaban J connectivity index is 2.22. The Hall–Kier alpha value is -1.40. The largest absolute Gasteiger partial charge is 0.394 e. The summed E-state index contributed by atoms with van der Waals surface area (Å²) in [5, 5.41) is 23.1. The van der Waals surface area contributed by atoms with Crippen LogP contribution in [0.5, 0.6) is 0 Å². The third kappa shape index (κ3) is 2.64. The standard InChI is InChI=1S/C13H21N3O3/c1-8(2)12-5-11(14-15(12)3)13(19)16-6-10(18)4-9(16)7-17/h5,8-10,17-18H,4,6-7H2,1-3H3/t9-,10-/m0/s1. The minimum Gasteiger partial charge on any atom is -0.394 e. The first-order chi connectivity index (χ1) is 8.93. The Bertz CT molecular complexity index is 470. The van der Waals surface area contributed by atoms with Crippen LogP contribution in [-0.2, 0) is 7.05 Å². The lowest BCUT2D eigenvalue weighted by molar-refractivity contribution is 0.0658. The average Bonchev–Trinajstić information content (AvgIpc) is 2.91. The Kier molecular flexibility index (Phi) is 3.91. The summed E-state index contributed by atoms with van der Waals surface area (Å²) in [6.45, 7) is 4.22. The molecule has 1 aromatic rings. The molecule has 1 amide bonds. The summed E-state index contributed by atoms with van der Waals surface area (Å²) < 4.78 is 1.71. The second kappa shape index (κ2) is 5.30. The molecule has 1 aromatic heterocycles. The highest BCUT2D eigenvalue weighted by Crippen LogP contribution is 2.21. The first-order valence-electron chi connectivity index (χ1n) is 6.57. The van der Waals surface area contributed by atoms with Gasteiger partial charge in [0.25, 0.3) is 5.91 Å². The Morgan fingerprint density at radius 1 is 1.58 bits per heavy atom. The van der Waals surface area contributed by atoms with E-state index in [-0.39, 0.29) is 31.0 Å². The van der Waals surface area contributed by atoms with E-state index < -0.39 is 6.10 Å². The van der Waals surface area contributed by atoms with E-state index in [1.165, 1.54) is 4.90 Å². The van der Waals surface area contributed by atoms with Crippen molar-refractivity contribution in [2.45, 2.75) is 38.3 Å². The van der Waals surface area contributed by atoms with Crippen molar-refractivity contribution in [1.82, 2.24) is 14.7 Å². The maximum absolute atomic E-state index is 12.4. The molecule has 0 aromatic carbocycles. The van der Waals surface area contributed by atoms with Gasteiger partial charge in [-0.2, -0.15) is 5.10 Å². The predicted octanol–water partition coefficient (Wildman–Crippen LogP) is 0.111. The van der Waals surface area contributed by atoms with E-state index in [0.29, 0.717) is 12.1 Å². The Labute approximate surface area is 112 Å². The summed E-state index contributed by atoms with van der Waals surface area (Å²) in [5.74, 6) is 0.0648. The lowest BCUT2D eigenvalue weighted by atomic mass is 10.1. The van der Waals surface area contributed by atoms with Crippen molar-refractivity contribution >= 4 is 5.91 Å². The number of nitrogens with zero attached hydrogens (tertiary/aromatic N) is 3. The number of aliphatic hydroxyl groups is 2. The van der Waals surface area contributed by atoms with Gasteiger partial charge >= 0.3 is 0 Å². The third-order valence-corrected chi connectivity index (χ3v) is 3.59. The number of hydrogen-bond acceptors (Lipinski definition) is 4. The number of carbonyl (C=O) groups excluding carboxylic acids is 1. The topological polar surface area (TPSA) is 78.6 Å². The second-order valence-electron chi connectivity index (χ2n) is 5.42. The monoisotopic (exact) mass is 267 g/mol. The van der Waals surface area contributed by atoms with Crippen LogP contribution in [0.3, 0.4) is 0 Å². The fourth-order valence-corrected chi connectivity index (χ4v) is 2.59. The van der Waals surface area contributed by atoms with Crippen LogP contribution in [0.1, 0.15) is 42.4 Å². The number of β-amino-alcohol motifs (C(OH)–C–C–N with tert-alkyl or cyclic N) is 1. The fraction of sp³-hybridized carbons (Fsp3) is 0.692. The van der Waals surface area contributed by atoms with Crippen molar-refractivity contribution in [3.8, 4) is 0 Å². The van der Waals surface area contributed by atoms with E-state index in [0.717, 1.165) is 5.69 Å². The highest BCUT2D eigenvalue weighted by atomic mass is 16.3. The molecule has 0 saturated carbocycles. The maximum Gasteiger partial charge on any atom is 0.274 e. The van der Waals surface area contributed by atoms with Crippen molar-refractivity contribution in [3.05, 3.63) is 17.5 Å². The van der Waals surface area contributed by atoms with Gasteiger partial charge in [-0.1, -0.05) is 13.8 Å². The van der Waals surface area contributed by atoms with Gasteiger partial charge in [0.2, 0.25) is 0 Å². The molecule has 2 N–H and O–H groups in total. The quantitative estimate of drug-likeness (QED) is 0.815. The van der Waals surface area contributed by atoms with Crippen LogP contribution in [0.2, 0.25) is 0 Å². The van der Waals surface area contributed by atoms with Crippen LogP contribution in [0.25, 0.3) is 0 Å². The van der Waals surface area contributed by atoms with E-state index in [2.05, 4.69) is 5.10 Å². The van der Waals surface area contributed by atoms with Crippen LogP contribution in [0.15, 0.2) is 6.07 Å². The Morgan fingerprint density at radius 2 is 2.26 bits per heavy atom. The molecule has 0 aliphatic carbocycles. The van der Waals surface area contributed by atoms with Crippen molar-refractivity contribution in [2.24, 2.45) is 7.05 Å². The highest BCUT2D eigenvalue weighted by molar-refractivity contribution is 5.93. The molecule has 1 saturated heterocycles. The number of aliphatic hydroxyl groups excluding tert-OH is 2. The van der Waals surface area contributed by atoms with Gasteiger partial charge in [-0.25, -0.2) is 0 Å². The van der Waals surface area contributed by atoms with Crippen LogP contribution in [-0.4, -0.2) is 56.1 Å². The van der Waals surface area contributed by atoms with Gasteiger partial charge in [0.05, 0.1) is 18.8 Å². The lowest BCUT2D eigenvalue weighted by Gasteiger charge is -2.21. The Morgan fingerprint density at radius 3 is 2.79 bits per heavy atom. The second-order valence-corrected chi connectivity index (χ2v) is 5.42. The number of aromatic nitrogens is 2. The molecular weight excluding hydrogens is 246 g/mol. The minimum absolute atomic E-state index is 0.132. The average molecular weight is 267 g/mol. The summed E-state index contributed by atoms with van der Waals surface area (Å²) in [4.78, 5) is 13.9. The molecule has 106 valence electrons. The number of carbonyl (C=O) groups is 1. The molecule has 1 aliphatic heterocycles. The van der Waals surface area contributed by atoms with Gasteiger partial charge in [-0.05, 0) is 18.4 Å². The van der Waals surface area contributed by atoms with Gasteiger partial charge in [-0.3, -0.25) is 9.48 Å². The maximum atomic E-state index is 12.4. The SMILES string of the molecule is CC(C)c1cc(C(=O)N2C[C@@H](O)C[C@H]2CO)nn1C. The summed E-state index contributed by atoms with van der Waals surface area (Å²) in [5.41, 5.74) is 1.36. The zero-order valence-corrected chi connectivity index (χ0v) is 11.6. The minimum atomic E-state index is -0.561. The zero-order valence-electron chi connectivity index (χ0n) is 11.6. The number of likely N-dealkylation sites (tertiary alicyclic amines) is 1. The van der Waals surface area contributed by atoms with Crippen LogP contribution < -0.4 is 0 Å².